The fourth-order valence-electron chi connectivity index (χ4n) is 2.00. The van der Waals surface area contributed by atoms with E-state index in [0.717, 1.165) is 19.6 Å². The van der Waals surface area contributed by atoms with Crippen LogP contribution in [0, 0.1) is 0 Å². The molecule has 0 saturated heterocycles. The van der Waals surface area contributed by atoms with Crippen molar-refractivity contribution >= 4 is 0 Å². The van der Waals surface area contributed by atoms with Gasteiger partial charge in [-0.25, -0.2) is 0 Å². The summed E-state index contributed by atoms with van der Waals surface area (Å²) >= 11 is 0. The number of hydrogen-bond acceptors (Lipinski definition) is 3. The Labute approximate surface area is 99.4 Å². The summed E-state index contributed by atoms with van der Waals surface area (Å²) < 4.78 is 5.45. The van der Waals surface area contributed by atoms with E-state index in [-0.39, 0.29) is 5.54 Å². The molecule has 0 aromatic heterocycles. The Morgan fingerprint density at radius 2 is 2.38 bits per heavy atom. The van der Waals surface area contributed by atoms with Crippen molar-refractivity contribution in [2.75, 3.05) is 26.3 Å². The Kier molecular flexibility index (Phi) is 6.03. The maximum absolute atomic E-state index is 5.78. The fourth-order valence-corrected chi connectivity index (χ4v) is 2.00. The van der Waals surface area contributed by atoms with Crippen molar-refractivity contribution in [1.82, 2.24) is 5.32 Å². The van der Waals surface area contributed by atoms with E-state index in [0.29, 0.717) is 13.2 Å². The molecule has 3 heteroatoms. The summed E-state index contributed by atoms with van der Waals surface area (Å²) in [4.78, 5) is 0. The summed E-state index contributed by atoms with van der Waals surface area (Å²) in [5.41, 5.74) is 7.31. The number of ether oxygens (including phenoxy) is 1. The van der Waals surface area contributed by atoms with Gasteiger partial charge in [0.2, 0.25) is 0 Å². The molecule has 0 heterocycles. The quantitative estimate of drug-likeness (QED) is 0.621. The van der Waals surface area contributed by atoms with Gasteiger partial charge in [0.15, 0.2) is 0 Å². The fraction of sp³-hybridized carbons (Fsp3) is 0.846. The van der Waals surface area contributed by atoms with Gasteiger partial charge in [0.05, 0.1) is 12.1 Å². The van der Waals surface area contributed by atoms with Crippen LogP contribution in [0.5, 0.6) is 0 Å². The largest absolute Gasteiger partial charge is 0.380 e. The Morgan fingerprint density at radius 1 is 1.56 bits per heavy atom. The van der Waals surface area contributed by atoms with Crippen LogP contribution in [0.25, 0.3) is 0 Å². The van der Waals surface area contributed by atoms with Gasteiger partial charge >= 0.3 is 0 Å². The molecule has 0 bridgehead atoms. The van der Waals surface area contributed by atoms with Crippen LogP contribution in [0.15, 0.2) is 11.6 Å². The molecule has 0 spiro atoms. The van der Waals surface area contributed by atoms with Gasteiger partial charge in [0.25, 0.3) is 0 Å². The third kappa shape index (κ3) is 4.64. The zero-order valence-electron chi connectivity index (χ0n) is 10.7. The first-order chi connectivity index (χ1) is 7.70. The highest BCUT2D eigenvalue weighted by atomic mass is 16.5. The lowest BCUT2D eigenvalue weighted by molar-refractivity contribution is 0.0879. The molecule has 1 aliphatic carbocycles. The van der Waals surface area contributed by atoms with Gasteiger partial charge in [0, 0.05) is 13.2 Å². The van der Waals surface area contributed by atoms with E-state index in [1.54, 1.807) is 5.57 Å². The topological polar surface area (TPSA) is 47.3 Å². The van der Waals surface area contributed by atoms with Crippen molar-refractivity contribution in [3.05, 3.63) is 11.6 Å². The van der Waals surface area contributed by atoms with Crippen molar-refractivity contribution in [3.8, 4) is 0 Å². The van der Waals surface area contributed by atoms with Crippen molar-refractivity contribution in [1.29, 1.82) is 0 Å². The predicted molar refractivity (Wildman–Crippen MR) is 68.5 cm³/mol. The molecule has 0 fully saturated rings. The first-order valence-electron chi connectivity index (χ1n) is 6.41. The second kappa shape index (κ2) is 7.05. The third-order valence-corrected chi connectivity index (χ3v) is 3.21. The molecule has 1 atom stereocenters. The maximum atomic E-state index is 5.78. The predicted octanol–water partition coefficient (Wildman–Crippen LogP) is 1.83. The van der Waals surface area contributed by atoms with Crippen LogP contribution in [0.1, 0.15) is 39.5 Å². The van der Waals surface area contributed by atoms with Crippen LogP contribution in [-0.2, 0) is 4.74 Å². The molecule has 0 radical (unpaired) electrons. The van der Waals surface area contributed by atoms with E-state index in [4.69, 9.17) is 10.5 Å². The molecule has 0 amide bonds. The normalized spacial score (nSPS) is 19.6. The minimum Gasteiger partial charge on any atom is -0.380 e. The van der Waals surface area contributed by atoms with E-state index >= 15 is 0 Å². The zero-order chi connectivity index (χ0) is 11.9. The number of rotatable bonds is 8. The van der Waals surface area contributed by atoms with E-state index < -0.39 is 0 Å². The maximum Gasteiger partial charge on any atom is 0.0657 e. The molecular weight excluding hydrogens is 200 g/mol. The molecule has 0 aliphatic heterocycles. The van der Waals surface area contributed by atoms with Gasteiger partial charge in [-0.1, -0.05) is 11.6 Å². The first kappa shape index (κ1) is 13.7. The van der Waals surface area contributed by atoms with E-state index in [1.807, 2.05) is 6.92 Å². The van der Waals surface area contributed by atoms with Crippen LogP contribution in [0.3, 0.4) is 0 Å². The third-order valence-electron chi connectivity index (χ3n) is 3.21. The van der Waals surface area contributed by atoms with E-state index in [1.165, 1.54) is 19.3 Å². The standard InChI is InChI=1S/C13H26N2O/c1-3-16-11-13(2,10-14)15-9-8-12-6-4-5-7-12/h6,15H,3-5,7-11,14H2,1-2H3. The van der Waals surface area contributed by atoms with Crippen LogP contribution in [-0.4, -0.2) is 31.8 Å². The van der Waals surface area contributed by atoms with Crippen molar-refractivity contribution in [2.24, 2.45) is 5.73 Å². The molecule has 0 saturated carbocycles. The lowest BCUT2D eigenvalue weighted by Gasteiger charge is -2.29. The van der Waals surface area contributed by atoms with Gasteiger partial charge in [-0.3, -0.25) is 0 Å². The molecule has 0 aromatic rings. The Bertz CT molecular complexity index is 228. The summed E-state index contributed by atoms with van der Waals surface area (Å²) in [6.45, 7) is 7.21. The molecule has 3 N–H and O–H groups in total. The SMILES string of the molecule is CCOCC(C)(CN)NCCC1=CCCC1. The number of hydrogen-bond donors (Lipinski definition) is 2. The molecule has 1 unspecified atom stereocenters. The molecule has 16 heavy (non-hydrogen) atoms. The Hall–Kier alpha value is -0.380. The average molecular weight is 226 g/mol. The molecule has 0 aromatic carbocycles. The lowest BCUT2D eigenvalue weighted by atomic mass is 10.0. The first-order valence-corrected chi connectivity index (χ1v) is 6.41. The minimum atomic E-state index is -0.0742. The summed E-state index contributed by atoms with van der Waals surface area (Å²) in [5, 5.41) is 3.52. The number of nitrogens with one attached hydrogen (secondary N) is 1. The molecular formula is C13H26N2O. The van der Waals surface area contributed by atoms with Gasteiger partial charge < -0.3 is 15.8 Å². The summed E-state index contributed by atoms with van der Waals surface area (Å²) in [5.74, 6) is 0. The average Bonchev–Trinajstić information content (AvgIpc) is 2.79. The highest BCUT2D eigenvalue weighted by molar-refractivity contribution is 5.07. The van der Waals surface area contributed by atoms with Crippen LogP contribution >= 0.6 is 0 Å². The Balaban J connectivity index is 2.21. The second-order valence-electron chi connectivity index (χ2n) is 4.83. The molecule has 1 aliphatic rings. The molecule has 3 nitrogen and oxygen atoms in total. The highest BCUT2D eigenvalue weighted by Crippen LogP contribution is 2.20. The summed E-state index contributed by atoms with van der Waals surface area (Å²) in [6.07, 6.45) is 7.42. The zero-order valence-corrected chi connectivity index (χ0v) is 10.7. The van der Waals surface area contributed by atoms with E-state index in [9.17, 15) is 0 Å². The number of nitrogens with two attached hydrogens (primary N) is 1. The van der Waals surface area contributed by atoms with E-state index in [2.05, 4.69) is 18.3 Å². The minimum absolute atomic E-state index is 0.0742. The summed E-state index contributed by atoms with van der Waals surface area (Å²) in [7, 11) is 0. The van der Waals surface area contributed by atoms with Crippen LogP contribution < -0.4 is 11.1 Å². The molecule has 1 rings (SSSR count). The van der Waals surface area contributed by atoms with Crippen LogP contribution in [0.4, 0.5) is 0 Å². The van der Waals surface area contributed by atoms with Gasteiger partial charge in [-0.05, 0) is 46.1 Å². The van der Waals surface area contributed by atoms with Gasteiger partial charge in [0.1, 0.15) is 0 Å². The monoisotopic (exact) mass is 226 g/mol. The second-order valence-corrected chi connectivity index (χ2v) is 4.83. The van der Waals surface area contributed by atoms with Crippen molar-refractivity contribution in [3.63, 3.8) is 0 Å². The highest BCUT2D eigenvalue weighted by Gasteiger charge is 2.21. The van der Waals surface area contributed by atoms with Gasteiger partial charge in [-0.15, -0.1) is 0 Å². The lowest BCUT2D eigenvalue weighted by Crippen LogP contribution is -2.52. The van der Waals surface area contributed by atoms with Crippen LogP contribution in [0.2, 0.25) is 0 Å². The summed E-state index contributed by atoms with van der Waals surface area (Å²) in [6, 6.07) is 0. The Morgan fingerprint density at radius 3 is 2.94 bits per heavy atom. The van der Waals surface area contributed by atoms with Crippen molar-refractivity contribution in [2.45, 2.75) is 45.1 Å². The number of allylic oxidation sites excluding steroid dienone is 1. The smallest absolute Gasteiger partial charge is 0.0657 e. The van der Waals surface area contributed by atoms with Crippen molar-refractivity contribution < 1.29 is 4.74 Å². The van der Waals surface area contributed by atoms with Gasteiger partial charge in [-0.2, -0.15) is 0 Å². The molecule has 94 valence electrons.